The van der Waals surface area contributed by atoms with E-state index in [1.54, 1.807) is 30.6 Å². The van der Waals surface area contributed by atoms with Crippen LogP contribution < -0.4 is 16.0 Å². The van der Waals surface area contributed by atoms with E-state index >= 15 is 0 Å². The number of carbonyl (C=O) groups excluding carboxylic acids is 5. The Bertz CT molecular complexity index is 2050. The van der Waals surface area contributed by atoms with Crippen LogP contribution in [0.5, 0.6) is 5.88 Å². The van der Waals surface area contributed by atoms with E-state index in [2.05, 4.69) is 25.3 Å². The number of nitrogens with two attached hydrogens (primary N) is 1. The zero-order chi connectivity index (χ0) is 43.5. The molecule has 0 saturated carbocycles. The highest BCUT2D eigenvalue weighted by molar-refractivity contribution is 5.99. The van der Waals surface area contributed by atoms with Gasteiger partial charge in [0.1, 0.15) is 17.2 Å². The summed E-state index contributed by atoms with van der Waals surface area (Å²) < 4.78 is 52.3. The summed E-state index contributed by atoms with van der Waals surface area (Å²) in [5, 5.41) is 12.7. The van der Waals surface area contributed by atoms with Gasteiger partial charge in [-0.1, -0.05) is 0 Å². The Hall–Kier alpha value is -5.82. The lowest BCUT2D eigenvalue weighted by Gasteiger charge is -2.46. The molecule has 0 unspecified atom stereocenters. The van der Waals surface area contributed by atoms with Crippen molar-refractivity contribution in [2.45, 2.75) is 110 Å². The number of esters is 1. The summed E-state index contributed by atoms with van der Waals surface area (Å²) >= 11 is 0. The molecule has 2 aliphatic heterocycles. The van der Waals surface area contributed by atoms with Gasteiger partial charge in [-0.3, -0.25) is 19.3 Å². The second-order valence-electron chi connectivity index (χ2n) is 16.8. The average Bonchev–Trinajstić information content (AvgIpc) is 3.14. The van der Waals surface area contributed by atoms with Crippen LogP contribution in [0.2, 0.25) is 0 Å². The maximum atomic E-state index is 13.8. The van der Waals surface area contributed by atoms with Gasteiger partial charge in [0.2, 0.25) is 17.7 Å². The highest BCUT2D eigenvalue weighted by Gasteiger charge is 2.44. The van der Waals surface area contributed by atoms with Crippen LogP contribution in [0.4, 0.5) is 29.6 Å². The molecule has 1 spiro atoms. The largest absolute Gasteiger partial charge is 0.492 e. The van der Waals surface area contributed by atoms with Gasteiger partial charge >= 0.3 is 24.1 Å². The second-order valence-corrected chi connectivity index (χ2v) is 16.8. The molecule has 0 radical (unpaired) electrons. The Morgan fingerprint density at radius 2 is 1.46 bits per heavy atom. The van der Waals surface area contributed by atoms with Crippen LogP contribution in [0.3, 0.4) is 0 Å². The smallest absolute Gasteiger partial charge is 0.471 e. The van der Waals surface area contributed by atoms with Gasteiger partial charge in [0, 0.05) is 43.9 Å². The molecule has 20 heteroatoms. The molecule has 2 fully saturated rings. The summed E-state index contributed by atoms with van der Waals surface area (Å²) in [5.41, 5.74) is 3.17. The van der Waals surface area contributed by atoms with Crippen molar-refractivity contribution in [2.75, 3.05) is 36.8 Å². The van der Waals surface area contributed by atoms with Crippen LogP contribution >= 0.6 is 0 Å². The van der Waals surface area contributed by atoms with Crippen molar-refractivity contribution in [2.24, 2.45) is 5.41 Å². The lowest BCUT2D eigenvalue weighted by molar-refractivity contribution is -0.170. The third kappa shape index (κ3) is 11.7. The molecule has 1 atom stereocenters. The predicted molar refractivity (Wildman–Crippen MR) is 207 cm³/mol. The van der Waals surface area contributed by atoms with Crippen LogP contribution in [0.25, 0.3) is 11.2 Å². The number of alkyl halides is 3. The van der Waals surface area contributed by atoms with Gasteiger partial charge in [-0.05, 0) is 103 Å². The van der Waals surface area contributed by atoms with Crippen LogP contribution in [-0.2, 0) is 30.4 Å². The number of hydrogen-bond donors (Lipinski definition) is 3. The van der Waals surface area contributed by atoms with Crippen LogP contribution in [0, 0.1) is 5.41 Å². The molecule has 2 saturated heterocycles. The Morgan fingerprint density at radius 3 is 2.02 bits per heavy atom. The van der Waals surface area contributed by atoms with Crippen molar-refractivity contribution in [3.63, 3.8) is 0 Å². The van der Waals surface area contributed by atoms with Gasteiger partial charge in [-0.15, -0.1) is 0 Å². The van der Waals surface area contributed by atoms with Gasteiger partial charge in [0.25, 0.3) is 5.91 Å². The summed E-state index contributed by atoms with van der Waals surface area (Å²) in [6.07, 6.45) is -1.60. The van der Waals surface area contributed by atoms with E-state index in [9.17, 15) is 42.3 Å². The topological polar surface area (TPSA) is 223 Å². The van der Waals surface area contributed by atoms with E-state index in [0.29, 0.717) is 31.1 Å². The number of likely N-dealkylation sites (tertiary alicyclic amines) is 2. The zero-order valence-electron chi connectivity index (χ0n) is 33.9. The first-order chi connectivity index (χ1) is 27.4. The SMILES string of the molecule is CC(C)(C)OC(=O)[C@H](CCC(=O)N1CCC2(CC1)CCN(C(=O)OC(C)(C)C)CC2)NC(=O)c1ccc(N(Cc2cnc3nc(N)nc(O)c3n2)C(=O)C(F)(F)F)cc1. The van der Waals surface area contributed by atoms with E-state index in [-0.39, 0.29) is 64.3 Å². The molecule has 4 N–H and O–H groups in total. The number of amides is 4. The van der Waals surface area contributed by atoms with Crippen molar-refractivity contribution >= 4 is 52.6 Å². The third-order valence-electron chi connectivity index (χ3n) is 10.0. The number of aromatic nitrogens is 4. The normalized spacial score (nSPS) is 16.4. The number of nitrogen functional groups attached to an aromatic ring is 1. The number of nitrogens with zero attached hydrogens (tertiary/aromatic N) is 7. The van der Waals surface area contributed by atoms with Crippen molar-refractivity contribution in [1.29, 1.82) is 0 Å². The van der Waals surface area contributed by atoms with Crippen LogP contribution in [-0.4, -0.2) is 114 Å². The number of halogens is 3. The van der Waals surface area contributed by atoms with E-state index < -0.39 is 53.6 Å². The minimum Gasteiger partial charge on any atom is -0.492 e. The zero-order valence-corrected chi connectivity index (χ0v) is 33.9. The number of rotatable bonds is 9. The molecule has 17 nitrogen and oxygen atoms in total. The van der Waals surface area contributed by atoms with Crippen molar-refractivity contribution < 1.29 is 51.7 Å². The van der Waals surface area contributed by atoms with Gasteiger partial charge in [-0.25, -0.2) is 19.6 Å². The average molecular weight is 830 g/mol. The summed E-state index contributed by atoms with van der Waals surface area (Å²) in [6, 6.07) is 3.34. The standard InChI is InChI=1S/C39H50F3N9O8/c1-36(2,3)58-32(55)26(11-12-27(52)49-17-13-38(14-18-49)15-19-50(20-16-38)35(57)59-37(4,5)6)46-30(53)23-7-9-25(10-8-23)51(33(56)39(40,41)42)22-24-21-44-29-28(45-24)31(54)48-34(43)47-29/h7-10,21,26H,11-20,22H2,1-6H3,(H,46,53)(H3,43,44,47,48,54)/t26-/m0/s1. The van der Waals surface area contributed by atoms with Gasteiger partial charge in [-0.2, -0.15) is 23.1 Å². The molecule has 4 heterocycles. The highest BCUT2D eigenvalue weighted by atomic mass is 19.4. The van der Waals surface area contributed by atoms with E-state index in [1.807, 2.05) is 20.8 Å². The molecule has 59 heavy (non-hydrogen) atoms. The maximum absolute atomic E-state index is 13.8. The lowest BCUT2D eigenvalue weighted by Crippen LogP contribution is -2.50. The summed E-state index contributed by atoms with van der Waals surface area (Å²) in [6.45, 7) is 11.9. The Balaban J connectivity index is 1.22. The molecular formula is C39H50F3N9O8. The van der Waals surface area contributed by atoms with Crippen LogP contribution in [0.15, 0.2) is 30.5 Å². The predicted octanol–water partition coefficient (Wildman–Crippen LogP) is 4.66. The first-order valence-electron chi connectivity index (χ1n) is 19.2. The molecule has 2 aliphatic rings. The molecule has 3 aromatic rings. The van der Waals surface area contributed by atoms with E-state index in [4.69, 9.17) is 15.2 Å². The van der Waals surface area contributed by atoms with Gasteiger partial charge < -0.3 is 35.4 Å². The quantitative estimate of drug-likeness (QED) is 0.250. The summed E-state index contributed by atoms with van der Waals surface area (Å²) in [5.74, 6) is -4.95. The summed E-state index contributed by atoms with van der Waals surface area (Å²) in [4.78, 5) is 84.5. The number of anilines is 2. The Labute approximate surface area is 338 Å². The lowest BCUT2D eigenvalue weighted by atomic mass is 9.71. The third-order valence-corrected chi connectivity index (χ3v) is 10.0. The summed E-state index contributed by atoms with van der Waals surface area (Å²) in [7, 11) is 0. The molecule has 2 aromatic heterocycles. The maximum Gasteiger partial charge on any atom is 0.471 e. The Morgan fingerprint density at radius 1 is 0.881 bits per heavy atom. The van der Waals surface area contributed by atoms with Crippen molar-refractivity contribution in [3.8, 4) is 5.88 Å². The minimum absolute atomic E-state index is 0.00826. The fourth-order valence-corrected chi connectivity index (χ4v) is 6.92. The number of benzene rings is 1. The second kappa shape index (κ2) is 17.2. The number of nitrogens with one attached hydrogen (secondary N) is 1. The first-order valence-corrected chi connectivity index (χ1v) is 19.2. The van der Waals surface area contributed by atoms with E-state index in [0.717, 1.165) is 44.0 Å². The minimum atomic E-state index is -5.30. The number of hydrogen-bond acceptors (Lipinski definition) is 13. The fraction of sp³-hybridized carbons (Fsp3) is 0.564. The number of carbonyl (C=O) groups is 5. The highest BCUT2D eigenvalue weighted by Crippen LogP contribution is 2.41. The molecular weight excluding hydrogens is 779 g/mol. The molecule has 320 valence electrons. The molecule has 4 amide bonds. The van der Waals surface area contributed by atoms with Crippen molar-refractivity contribution in [1.82, 2.24) is 35.1 Å². The molecule has 0 aliphatic carbocycles. The Kier molecular flexibility index (Phi) is 12.9. The number of fused-ring (bicyclic) bond motifs is 1. The fourth-order valence-electron chi connectivity index (χ4n) is 6.92. The molecule has 0 bridgehead atoms. The van der Waals surface area contributed by atoms with Gasteiger partial charge in [0.05, 0.1) is 18.4 Å². The number of piperidine rings is 2. The number of ether oxygens (including phenoxy) is 2. The molecule has 1 aromatic carbocycles. The van der Waals surface area contributed by atoms with Gasteiger partial charge in [0.15, 0.2) is 11.2 Å². The number of aromatic hydroxyl groups is 1. The van der Waals surface area contributed by atoms with Crippen LogP contribution in [0.1, 0.15) is 96.1 Å². The van der Waals surface area contributed by atoms with Crippen molar-refractivity contribution in [3.05, 3.63) is 41.7 Å². The monoisotopic (exact) mass is 829 g/mol. The molecule has 5 rings (SSSR count). The first kappa shape index (κ1) is 44.3. The van der Waals surface area contributed by atoms with E-state index in [1.165, 1.54) is 12.1 Å².